The molecule has 0 aliphatic heterocycles. The second-order valence-corrected chi connectivity index (χ2v) is 6.83. The maximum atomic E-state index is 12.3. The van der Waals surface area contributed by atoms with Crippen molar-refractivity contribution in [1.29, 1.82) is 0 Å². The van der Waals surface area contributed by atoms with Gasteiger partial charge in [-0.1, -0.05) is 36.4 Å². The summed E-state index contributed by atoms with van der Waals surface area (Å²) in [4.78, 5) is 25.2. The van der Waals surface area contributed by atoms with E-state index in [2.05, 4.69) is 25.6 Å². The first-order valence-electron chi connectivity index (χ1n) is 9.56. The average molecular weight is 403 g/mol. The summed E-state index contributed by atoms with van der Waals surface area (Å²) in [5, 5.41) is 5.54. The molecular weight excluding hydrogens is 378 g/mol. The van der Waals surface area contributed by atoms with E-state index in [0.29, 0.717) is 17.1 Å². The molecule has 0 radical (unpaired) electrons. The van der Waals surface area contributed by atoms with Crippen LogP contribution in [0.3, 0.4) is 0 Å². The van der Waals surface area contributed by atoms with Crippen molar-refractivity contribution in [3.63, 3.8) is 0 Å². The smallest absolute Gasteiger partial charge is 0.320 e. The Kier molecular flexibility index (Phi) is 6.59. The summed E-state index contributed by atoms with van der Waals surface area (Å²) >= 11 is 0. The van der Waals surface area contributed by atoms with Crippen molar-refractivity contribution in [2.75, 3.05) is 11.1 Å². The summed E-state index contributed by atoms with van der Waals surface area (Å²) in [7, 11) is 0. The fourth-order valence-corrected chi connectivity index (χ4v) is 2.89. The number of aromatic nitrogens is 2. The minimum Gasteiger partial charge on any atom is -0.398 e. The lowest BCUT2D eigenvalue weighted by Crippen LogP contribution is -2.31. The Hall–Kier alpha value is -3.94. The molecule has 2 atom stereocenters. The summed E-state index contributed by atoms with van der Waals surface area (Å²) in [5.41, 5.74) is 14.9. The summed E-state index contributed by atoms with van der Waals surface area (Å²) < 4.78 is 0. The number of anilines is 2. The molecule has 0 spiro atoms. The van der Waals surface area contributed by atoms with E-state index in [4.69, 9.17) is 11.5 Å². The van der Waals surface area contributed by atoms with Crippen LogP contribution in [-0.2, 0) is 0 Å². The Morgan fingerprint density at radius 3 is 2.47 bits per heavy atom. The fourth-order valence-electron chi connectivity index (χ4n) is 2.89. The minimum absolute atomic E-state index is 0.154. The molecule has 0 bridgehead atoms. The van der Waals surface area contributed by atoms with E-state index in [1.54, 1.807) is 12.3 Å². The molecule has 0 saturated carbocycles. The maximum Gasteiger partial charge on any atom is 0.320 e. The predicted molar refractivity (Wildman–Crippen MR) is 119 cm³/mol. The fraction of sp³-hybridized carbons (Fsp3) is 0.182. The van der Waals surface area contributed by atoms with E-state index >= 15 is 0 Å². The van der Waals surface area contributed by atoms with Crippen molar-refractivity contribution in [2.24, 2.45) is 10.7 Å². The zero-order chi connectivity index (χ0) is 21.5. The summed E-state index contributed by atoms with van der Waals surface area (Å²) in [6, 6.07) is 16.1. The number of aliphatic imine (C=N–C) groups is 1. The third-order valence-corrected chi connectivity index (χ3v) is 4.55. The van der Waals surface area contributed by atoms with Gasteiger partial charge in [0.1, 0.15) is 11.7 Å². The Morgan fingerprint density at radius 2 is 1.80 bits per heavy atom. The highest BCUT2D eigenvalue weighted by Gasteiger charge is 2.13. The molecule has 0 unspecified atom stereocenters. The largest absolute Gasteiger partial charge is 0.398 e. The highest BCUT2D eigenvalue weighted by atomic mass is 16.2. The zero-order valence-corrected chi connectivity index (χ0v) is 16.9. The highest BCUT2D eigenvalue weighted by molar-refractivity contribution is 6.02. The number of carbonyl (C=O) groups is 1. The number of nitrogen functional groups attached to an aromatic ring is 1. The van der Waals surface area contributed by atoms with Gasteiger partial charge in [0.25, 0.3) is 0 Å². The van der Waals surface area contributed by atoms with E-state index in [1.165, 1.54) is 6.20 Å². The van der Waals surface area contributed by atoms with Gasteiger partial charge in [0, 0.05) is 24.1 Å². The maximum absolute atomic E-state index is 12.3. The number of rotatable bonds is 6. The topological polar surface area (TPSA) is 131 Å². The van der Waals surface area contributed by atoms with E-state index in [-0.39, 0.29) is 24.0 Å². The first-order chi connectivity index (χ1) is 14.4. The molecule has 8 nitrogen and oxygen atoms in total. The van der Waals surface area contributed by atoms with Crippen molar-refractivity contribution in [2.45, 2.75) is 25.9 Å². The van der Waals surface area contributed by atoms with Crippen LogP contribution in [-0.4, -0.2) is 21.8 Å². The van der Waals surface area contributed by atoms with Crippen molar-refractivity contribution in [3.05, 3.63) is 83.8 Å². The molecule has 30 heavy (non-hydrogen) atoms. The number of hydrogen-bond acceptors (Lipinski definition) is 5. The number of amides is 2. The molecule has 0 aliphatic rings. The highest BCUT2D eigenvalue weighted by Crippen LogP contribution is 2.19. The third kappa shape index (κ3) is 5.32. The average Bonchev–Trinajstić information content (AvgIpc) is 2.74. The molecule has 2 aromatic heterocycles. The van der Waals surface area contributed by atoms with Crippen molar-refractivity contribution in [1.82, 2.24) is 15.3 Å². The zero-order valence-electron chi connectivity index (χ0n) is 16.9. The van der Waals surface area contributed by atoms with Gasteiger partial charge in [-0.25, -0.2) is 9.78 Å². The second kappa shape index (κ2) is 9.51. The molecule has 6 N–H and O–H groups in total. The van der Waals surface area contributed by atoms with Crippen LogP contribution in [0.5, 0.6) is 0 Å². The number of nitrogens with one attached hydrogen (secondary N) is 2. The van der Waals surface area contributed by atoms with Crippen molar-refractivity contribution in [3.8, 4) is 0 Å². The van der Waals surface area contributed by atoms with Gasteiger partial charge >= 0.3 is 6.03 Å². The van der Waals surface area contributed by atoms with E-state index in [1.807, 2.05) is 62.4 Å². The molecule has 2 heterocycles. The van der Waals surface area contributed by atoms with E-state index in [9.17, 15) is 4.79 Å². The Labute approximate surface area is 175 Å². The van der Waals surface area contributed by atoms with Crippen molar-refractivity contribution >= 4 is 23.4 Å². The van der Waals surface area contributed by atoms with Crippen LogP contribution in [0.15, 0.2) is 72.0 Å². The Bertz CT molecular complexity index is 1020. The number of benzene rings is 1. The number of nitrogens with two attached hydrogens (primary N) is 2. The summed E-state index contributed by atoms with van der Waals surface area (Å²) in [5.74, 6) is 0.575. The summed E-state index contributed by atoms with van der Waals surface area (Å²) in [6.07, 6.45) is 3.20. The predicted octanol–water partition coefficient (Wildman–Crippen LogP) is 3.41. The number of amidine groups is 1. The third-order valence-electron chi connectivity index (χ3n) is 4.55. The molecule has 3 rings (SSSR count). The second-order valence-electron chi connectivity index (χ2n) is 6.83. The molecule has 2 amide bonds. The molecule has 3 aromatic rings. The minimum atomic E-state index is -0.378. The van der Waals surface area contributed by atoms with Crippen molar-refractivity contribution < 1.29 is 4.79 Å². The van der Waals surface area contributed by atoms with Crippen LogP contribution in [0.25, 0.3) is 0 Å². The van der Waals surface area contributed by atoms with Crippen LogP contribution in [0.1, 0.15) is 42.8 Å². The lowest BCUT2D eigenvalue weighted by molar-refractivity contribution is 0.249. The molecule has 1 aromatic carbocycles. The normalized spacial score (nSPS) is 13.3. The van der Waals surface area contributed by atoms with Crippen LogP contribution in [0, 0.1) is 0 Å². The molecular formula is C22H25N7O. The van der Waals surface area contributed by atoms with Gasteiger partial charge in [-0.15, -0.1) is 0 Å². The van der Waals surface area contributed by atoms with Crippen LogP contribution >= 0.6 is 0 Å². The van der Waals surface area contributed by atoms with Crippen LogP contribution < -0.4 is 22.1 Å². The van der Waals surface area contributed by atoms with Gasteiger partial charge in [0.2, 0.25) is 0 Å². The number of urea groups is 1. The summed E-state index contributed by atoms with van der Waals surface area (Å²) in [6.45, 7) is 3.80. The van der Waals surface area contributed by atoms with Crippen LogP contribution in [0.4, 0.5) is 16.3 Å². The number of nitrogens with zero attached hydrogens (tertiary/aromatic N) is 3. The number of hydrogen-bond donors (Lipinski definition) is 4. The Balaban J connectivity index is 1.66. The number of pyridine rings is 2. The first-order valence-corrected chi connectivity index (χ1v) is 9.56. The lowest BCUT2D eigenvalue weighted by Gasteiger charge is -2.15. The van der Waals surface area contributed by atoms with Gasteiger partial charge in [-0.05, 0) is 31.5 Å². The Morgan fingerprint density at radius 1 is 1.07 bits per heavy atom. The standard InChI is InChI=1S/C22H25N7O/c1-14(16-8-4-3-5-9-16)28-22(30)29-20-12-18(23)17(13-26-20)21(24)27-15(2)19-10-6-7-11-25-19/h3-15H,1-2H3,(H2,24,27)(H4,23,26,28,29,30)/t14-,15+/m1/s1. The SMILES string of the molecule is C[C@H](N=C(N)c1cnc(NC(=O)N[C@H](C)c2ccccc2)cc1N)c1ccccn1. The molecule has 8 heteroatoms. The van der Waals surface area contributed by atoms with Gasteiger partial charge in [0.05, 0.1) is 23.3 Å². The molecule has 0 fully saturated rings. The van der Waals surface area contributed by atoms with Gasteiger partial charge in [-0.3, -0.25) is 15.3 Å². The van der Waals surface area contributed by atoms with E-state index < -0.39 is 0 Å². The number of carbonyl (C=O) groups excluding carboxylic acids is 1. The molecule has 0 aliphatic carbocycles. The van der Waals surface area contributed by atoms with Gasteiger partial charge in [0.15, 0.2) is 0 Å². The molecule has 154 valence electrons. The first kappa shape index (κ1) is 20.8. The quantitative estimate of drug-likeness (QED) is 0.370. The molecule has 0 saturated heterocycles. The lowest BCUT2D eigenvalue weighted by atomic mass is 10.1. The van der Waals surface area contributed by atoms with Gasteiger partial charge < -0.3 is 16.8 Å². The van der Waals surface area contributed by atoms with Crippen LogP contribution in [0.2, 0.25) is 0 Å². The van der Waals surface area contributed by atoms with E-state index in [0.717, 1.165) is 11.3 Å². The monoisotopic (exact) mass is 403 g/mol. The van der Waals surface area contributed by atoms with Gasteiger partial charge in [-0.2, -0.15) is 0 Å².